The molecule has 2 heteroatoms. The molecule has 0 amide bonds. The summed E-state index contributed by atoms with van der Waals surface area (Å²) < 4.78 is 24.8. The van der Waals surface area contributed by atoms with Gasteiger partial charge in [-0.05, 0) is 25.2 Å². The molecule has 0 radical (unpaired) electrons. The fourth-order valence-corrected chi connectivity index (χ4v) is 1.27. The molecule has 1 rings (SSSR count). The second kappa shape index (κ2) is 2.63. The molecule has 1 saturated carbocycles. The van der Waals surface area contributed by atoms with Crippen molar-refractivity contribution in [1.82, 2.24) is 0 Å². The lowest BCUT2D eigenvalue weighted by molar-refractivity contribution is 0.0948. The van der Waals surface area contributed by atoms with E-state index in [0.29, 0.717) is 18.8 Å². The number of halogens is 2. The van der Waals surface area contributed by atoms with Crippen molar-refractivity contribution in [3.8, 4) is 0 Å². The lowest BCUT2D eigenvalue weighted by Gasteiger charge is -2.23. The van der Waals surface area contributed by atoms with E-state index in [-0.39, 0.29) is 0 Å². The zero-order valence-electron chi connectivity index (χ0n) is 5.61. The lowest BCUT2D eigenvalue weighted by atomic mass is 9.88. The predicted molar refractivity (Wildman–Crippen MR) is 32.8 cm³/mol. The fourth-order valence-electron chi connectivity index (χ4n) is 1.27. The van der Waals surface area contributed by atoms with E-state index in [9.17, 15) is 8.78 Å². The van der Waals surface area contributed by atoms with E-state index in [2.05, 4.69) is 0 Å². The van der Waals surface area contributed by atoms with Gasteiger partial charge in [0.2, 0.25) is 0 Å². The molecule has 1 aliphatic carbocycles. The highest BCUT2D eigenvalue weighted by atomic mass is 19.2. The van der Waals surface area contributed by atoms with Crippen molar-refractivity contribution >= 4 is 0 Å². The van der Waals surface area contributed by atoms with E-state index in [1.165, 1.54) is 0 Å². The van der Waals surface area contributed by atoms with Crippen molar-refractivity contribution in [2.24, 2.45) is 5.92 Å². The highest BCUT2D eigenvalue weighted by molar-refractivity contribution is 4.77. The first-order valence-electron chi connectivity index (χ1n) is 3.48. The third kappa shape index (κ3) is 1.63. The number of hydrogen-bond acceptors (Lipinski definition) is 0. The SMILES string of the molecule is CC1CCC(F)[C@H](F)C1. The van der Waals surface area contributed by atoms with E-state index >= 15 is 0 Å². The highest BCUT2D eigenvalue weighted by Crippen LogP contribution is 2.27. The maximum absolute atomic E-state index is 12.5. The molecule has 0 aliphatic heterocycles. The molecule has 0 heterocycles. The first-order chi connectivity index (χ1) is 4.20. The van der Waals surface area contributed by atoms with Gasteiger partial charge in [0.15, 0.2) is 0 Å². The van der Waals surface area contributed by atoms with Crippen LogP contribution < -0.4 is 0 Å². The molecule has 1 fully saturated rings. The Morgan fingerprint density at radius 3 is 2.22 bits per heavy atom. The van der Waals surface area contributed by atoms with Gasteiger partial charge >= 0.3 is 0 Å². The number of rotatable bonds is 0. The second-order valence-electron chi connectivity index (χ2n) is 2.95. The quantitative estimate of drug-likeness (QED) is 0.477. The Labute approximate surface area is 54.3 Å². The molecular formula is C7H12F2. The first kappa shape index (κ1) is 6.97. The van der Waals surface area contributed by atoms with Gasteiger partial charge in [-0.15, -0.1) is 0 Å². The van der Waals surface area contributed by atoms with Crippen LogP contribution in [0.1, 0.15) is 26.2 Å². The molecule has 0 aromatic carbocycles. The smallest absolute Gasteiger partial charge is 0.131 e. The Morgan fingerprint density at radius 1 is 1.11 bits per heavy atom. The molecule has 0 spiro atoms. The van der Waals surface area contributed by atoms with Gasteiger partial charge in [-0.3, -0.25) is 0 Å². The van der Waals surface area contributed by atoms with E-state index in [0.717, 1.165) is 6.42 Å². The Balaban J connectivity index is 2.35. The highest BCUT2D eigenvalue weighted by Gasteiger charge is 2.27. The maximum Gasteiger partial charge on any atom is 0.131 e. The Hall–Kier alpha value is -0.140. The summed E-state index contributed by atoms with van der Waals surface area (Å²) in [6.45, 7) is 1.97. The van der Waals surface area contributed by atoms with Gasteiger partial charge in [0.1, 0.15) is 12.3 Å². The summed E-state index contributed by atoms with van der Waals surface area (Å²) in [5.41, 5.74) is 0. The largest absolute Gasteiger partial charge is 0.244 e. The number of alkyl halides is 2. The van der Waals surface area contributed by atoms with Crippen LogP contribution in [-0.2, 0) is 0 Å². The van der Waals surface area contributed by atoms with Crippen LogP contribution in [0.5, 0.6) is 0 Å². The van der Waals surface area contributed by atoms with Crippen LogP contribution >= 0.6 is 0 Å². The van der Waals surface area contributed by atoms with Crippen molar-refractivity contribution in [2.75, 3.05) is 0 Å². The monoisotopic (exact) mass is 134 g/mol. The molecule has 1 aliphatic rings. The van der Waals surface area contributed by atoms with E-state index in [1.807, 2.05) is 6.92 Å². The summed E-state index contributed by atoms with van der Waals surface area (Å²) in [5, 5.41) is 0. The van der Waals surface area contributed by atoms with Gasteiger partial charge in [-0.1, -0.05) is 6.92 Å². The summed E-state index contributed by atoms with van der Waals surface area (Å²) in [7, 11) is 0. The third-order valence-electron chi connectivity index (χ3n) is 1.96. The second-order valence-corrected chi connectivity index (χ2v) is 2.95. The van der Waals surface area contributed by atoms with Crippen LogP contribution in [0.15, 0.2) is 0 Å². The molecule has 0 nitrogen and oxygen atoms in total. The molecule has 0 saturated heterocycles. The number of hydrogen-bond donors (Lipinski definition) is 0. The lowest BCUT2D eigenvalue weighted by Crippen LogP contribution is -2.25. The predicted octanol–water partition coefficient (Wildman–Crippen LogP) is 2.48. The van der Waals surface area contributed by atoms with Crippen molar-refractivity contribution in [3.05, 3.63) is 0 Å². The summed E-state index contributed by atoms with van der Waals surface area (Å²) in [4.78, 5) is 0. The zero-order valence-corrected chi connectivity index (χ0v) is 5.61. The average Bonchev–Trinajstić information content (AvgIpc) is 1.80. The van der Waals surface area contributed by atoms with E-state index in [1.54, 1.807) is 0 Å². The Kier molecular flexibility index (Phi) is 2.04. The molecule has 0 aromatic rings. The summed E-state index contributed by atoms with van der Waals surface area (Å²) in [6.07, 6.45) is -0.680. The molecule has 0 aromatic heterocycles. The minimum Gasteiger partial charge on any atom is -0.244 e. The van der Waals surface area contributed by atoms with Crippen LogP contribution in [0.2, 0.25) is 0 Å². The summed E-state index contributed by atoms with van der Waals surface area (Å²) >= 11 is 0. The van der Waals surface area contributed by atoms with E-state index < -0.39 is 12.3 Å². The third-order valence-corrected chi connectivity index (χ3v) is 1.96. The molecule has 3 atom stereocenters. The van der Waals surface area contributed by atoms with Crippen LogP contribution in [0, 0.1) is 5.92 Å². The first-order valence-corrected chi connectivity index (χ1v) is 3.48. The molecule has 9 heavy (non-hydrogen) atoms. The molecular weight excluding hydrogens is 122 g/mol. The molecule has 54 valence electrons. The van der Waals surface area contributed by atoms with Crippen molar-refractivity contribution in [1.29, 1.82) is 0 Å². The van der Waals surface area contributed by atoms with Gasteiger partial charge in [0.25, 0.3) is 0 Å². The van der Waals surface area contributed by atoms with Gasteiger partial charge in [0, 0.05) is 0 Å². The topological polar surface area (TPSA) is 0 Å². The maximum atomic E-state index is 12.5. The van der Waals surface area contributed by atoms with E-state index in [4.69, 9.17) is 0 Å². The minimum absolute atomic E-state index is 0.381. The Bertz CT molecular complexity index is 92.9. The van der Waals surface area contributed by atoms with Gasteiger partial charge in [0.05, 0.1) is 0 Å². The van der Waals surface area contributed by atoms with Gasteiger partial charge < -0.3 is 0 Å². The van der Waals surface area contributed by atoms with Crippen LogP contribution in [0.4, 0.5) is 8.78 Å². The van der Waals surface area contributed by atoms with Crippen molar-refractivity contribution in [3.63, 3.8) is 0 Å². The van der Waals surface area contributed by atoms with Crippen molar-refractivity contribution in [2.45, 2.75) is 38.5 Å². The molecule has 0 N–H and O–H groups in total. The minimum atomic E-state index is -1.19. The van der Waals surface area contributed by atoms with Gasteiger partial charge in [-0.25, -0.2) is 8.78 Å². The van der Waals surface area contributed by atoms with Crippen molar-refractivity contribution < 1.29 is 8.78 Å². The zero-order chi connectivity index (χ0) is 6.85. The summed E-state index contributed by atoms with van der Waals surface area (Å²) in [5.74, 6) is 0.381. The normalized spacial score (nSPS) is 45.0. The average molecular weight is 134 g/mol. The Morgan fingerprint density at radius 2 is 1.78 bits per heavy atom. The van der Waals surface area contributed by atoms with Crippen LogP contribution in [0.3, 0.4) is 0 Å². The van der Waals surface area contributed by atoms with Crippen LogP contribution in [0.25, 0.3) is 0 Å². The summed E-state index contributed by atoms with van der Waals surface area (Å²) in [6, 6.07) is 0. The van der Waals surface area contributed by atoms with Crippen LogP contribution in [-0.4, -0.2) is 12.3 Å². The fraction of sp³-hybridized carbons (Fsp3) is 1.00. The molecule has 0 bridgehead atoms. The van der Waals surface area contributed by atoms with Gasteiger partial charge in [-0.2, -0.15) is 0 Å². The molecule has 2 unspecified atom stereocenters. The standard InChI is InChI=1S/C7H12F2/c1-5-2-3-6(8)7(9)4-5/h5-7H,2-4H2,1H3/t5?,6?,7-/m1/s1.